The van der Waals surface area contributed by atoms with E-state index in [1.165, 1.54) is 36.2 Å². The summed E-state index contributed by atoms with van der Waals surface area (Å²) in [6, 6.07) is 0.611. The highest BCUT2D eigenvalue weighted by molar-refractivity contribution is 5.27. The van der Waals surface area contributed by atoms with Crippen LogP contribution in [0.2, 0.25) is 0 Å². The minimum atomic E-state index is 0.611. The van der Waals surface area contributed by atoms with Crippen LogP contribution in [0.4, 0.5) is 0 Å². The second-order valence-electron chi connectivity index (χ2n) is 6.88. The van der Waals surface area contributed by atoms with Crippen LogP contribution < -0.4 is 5.32 Å². The minimum Gasteiger partial charge on any atom is -0.313 e. The Morgan fingerprint density at radius 1 is 1.05 bits per heavy atom. The van der Waals surface area contributed by atoms with Crippen LogP contribution in [0.3, 0.4) is 0 Å². The topological polar surface area (TPSA) is 29.9 Å². The van der Waals surface area contributed by atoms with Gasteiger partial charge in [-0.1, -0.05) is 34.6 Å². The van der Waals surface area contributed by atoms with E-state index in [2.05, 4.69) is 44.6 Å². The van der Waals surface area contributed by atoms with Gasteiger partial charge in [0.25, 0.3) is 0 Å². The summed E-state index contributed by atoms with van der Waals surface area (Å²) in [5.74, 6) is 1.66. The van der Waals surface area contributed by atoms with Gasteiger partial charge in [0.05, 0.1) is 11.7 Å². The zero-order valence-corrected chi connectivity index (χ0v) is 14.6. The van der Waals surface area contributed by atoms with Gasteiger partial charge in [0.2, 0.25) is 0 Å². The average Bonchev–Trinajstić information content (AvgIpc) is 2.81. The summed E-state index contributed by atoms with van der Waals surface area (Å²) < 4.78 is 2.40. The van der Waals surface area contributed by atoms with Crippen LogP contribution in [-0.4, -0.2) is 16.3 Å². The molecule has 0 aromatic carbocycles. The van der Waals surface area contributed by atoms with Crippen LogP contribution in [0.5, 0.6) is 0 Å². The van der Waals surface area contributed by atoms with Crippen molar-refractivity contribution in [2.45, 2.75) is 79.3 Å². The quantitative estimate of drug-likeness (QED) is 0.854. The fourth-order valence-corrected chi connectivity index (χ4v) is 4.08. The first-order chi connectivity index (χ1) is 10.1. The summed E-state index contributed by atoms with van der Waals surface area (Å²) in [6.07, 6.45) is 6.10. The average molecular weight is 291 g/mol. The summed E-state index contributed by atoms with van der Waals surface area (Å²) in [4.78, 5) is 0. The molecule has 1 aliphatic carbocycles. The van der Waals surface area contributed by atoms with Gasteiger partial charge >= 0.3 is 0 Å². The number of nitrogens with one attached hydrogen (secondary N) is 1. The Labute approximate surface area is 130 Å². The lowest BCUT2D eigenvalue weighted by molar-refractivity contribution is 0.206. The molecule has 1 aromatic heterocycles. The Hall–Kier alpha value is -0.830. The van der Waals surface area contributed by atoms with Crippen molar-refractivity contribution in [3.8, 4) is 0 Å². The van der Waals surface area contributed by atoms with Gasteiger partial charge in [-0.25, -0.2) is 0 Å². The summed E-state index contributed by atoms with van der Waals surface area (Å²) >= 11 is 0. The molecule has 0 spiro atoms. The molecular weight excluding hydrogens is 258 g/mol. The van der Waals surface area contributed by atoms with Crippen LogP contribution in [0, 0.1) is 11.8 Å². The van der Waals surface area contributed by atoms with Crippen LogP contribution >= 0.6 is 0 Å². The van der Waals surface area contributed by atoms with E-state index in [4.69, 9.17) is 5.10 Å². The number of hydrogen-bond acceptors (Lipinski definition) is 2. The van der Waals surface area contributed by atoms with Gasteiger partial charge < -0.3 is 5.32 Å². The highest BCUT2D eigenvalue weighted by Crippen LogP contribution is 2.37. The number of hydrogen-bond donors (Lipinski definition) is 1. The first-order valence-corrected chi connectivity index (χ1v) is 8.90. The number of aromatic nitrogens is 2. The van der Waals surface area contributed by atoms with E-state index in [1.807, 2.05) is 0 Å². The van der Waals surface area contributed by atoms with E-state index >= 15 is 0 Å². The first-order valence-electron chi connectivity index (χ1n) is 8.90. The smallest absolute Gasteiger partial charge is 0.0669 e. The minimum absolute atomic E-state index is 0.611. The number of rotatable bonds is 6. The molecule has 2 rings (SSSR count). The van der Waals surface area contributed by atoms with Gasteiger partial charge in [0, 0.05) is 17.8 Å². The van der Waals surface area contributed by atoms with Crippen LogP contribution in [0.15, 0.2) is 0 Å². The summed E-state index contributed by atoms with van der Waals surface area (Å²) in [5.41, 5.74) is 4.24. The molecule has 2 atom stereocenters. The molecule has 3 heteroatoms. The fourth-order valence-electron chi connectivity index (χ4n) is 4.08. The van der Waals surface area contributed by atoms with E-state index in [0.29, 0.717) is 6.04 Å². The van der Waals surface area contributed by atoms with Crippen molar-refractivity contribution in [3.05, 3.63) is 17.0 Å². The molecule has 0 radical (unpaired) electrons. The van der Waals surface area contributed by atoms with Crippen molar-refractivity contribution in [1.82, 2.24) is 15.1 Å². The van der Waals surface area contributed by atoms with Crippen molar-refractivity contribution in [3.63, 3.8) is 0 Å². The zero-order valence-electron chi connectivity index (χ0n) is 14.6. The normalized spacial score (nSPS) is 26.2. The molecule has 21 heavy (non-hydrogen) atoms. The highest BCUT2D eigenvalue weighted by atomic mass is 15.3. The molecule has 1 heterocycles. The van der Waals surface area contributed by atoms with Gasteiger partial charge in [-0.2, -0.15) is 5.10 Å². The molecule has 1 fully saturated rings. The van der Waals surface area contributed by atoms with Gasteiger partial charge in [-0.05, 0) is 50.5 Å². The molecule has 0 bridgehead atoms. The number of aryl methyl sites for hydroxylation is 1. The largest absolute Gasteiger partial charge is 0.313 e. The lowest BCUT2D eigenvalue weighted by Crippen LogP contribution is -2.25. The Kier molecular flexibility index (Phi) is 5.86. The van der Waals surface area contributed by atoms with Crippen molar-refractivity contribution >= 4 is 0 Å². The van der Waals surface area contributed by atoms with Crippen molar-refractivity contribution < 1.29 is 0 Å². The summed E-state index contributed by atoms with van der Waals surface area (Å²) in [6.45, 7) is 13.5. The fraction of sp³-hybridized carbons (Fsp3) is 0.833. The molecule has 0 amide bonds. The third-order valence-corrected chi connectivity index (χ3v) is 4.92. The maximum Gasteiger partial charge on any atom is 0.0669 e. The second kappa shape index (κ2) is 7.44. The molecule has 1 aliphatic rings. The number of nitrogens with zero attached hydrogens (tertiary/aromatic N) is 2. The third kappa shape index (κ3) is 3.68. The molecular formula is C18H33N3. The molecule has 3 nitrogen and oxygen atoms in total. The maximum absolute atomic E-state index is 5.02. The Morgan fingerprint density at radius 3 is 2.24 bits per heavy atom. The predicted molar refractivity (Wildman–Crippen MR) is 89.6 cm³/mol. The van der Waals surface area contributed by atoms with Gasteiger partial charge in [-0.15, -0.1) is 0 Å². The van der Waals surface area contributed by atoms with E-state index < -0.39 is 0 Å². The molecule has 1 aromatic rings. The van der Waals surface area contributed by atoms with E-state index in [0.717, 1.165) is 37.8 Å². The molecule has 2 unspecified atom stereocenters. The van der Waals surface area contributed by atoms with Crippen LogP contribution in [0.25, 0.3) is 0 Å². The van der Waals surface area contributed by atoms with E-state index in [-0.39, 0.29) is 0 Å². The predicted octanol–water partition coefficient (Wildman–Crippen LogP) is 4.11. The SMILES string of the molecule is CCNCc1c(CC)nn(C2CC(C)CC(C)C2)c1CC. The molecule has 0 saturated heterocycles. The molecule has 0 aliphatic heterocycles. The Morgan fingerprint density at radius 2 is 1.71 bits per heavy atom. The molecule has 1 saturated carbocycles. The zero-order chi connectivity index (χ0) is 15.4. The summed E-state index contributed by atoms with van der Waals surface area (Å²) in [5, 5.41) is 8.52. The van der Waals surface area contributed by atoms with Crippen molar-refractivity contribution in [2.24, 2.45) is 11.8 Å². The Balaban J connectivity index is 2.31. The van der Waals surface area contributed by atoms with Gasteiger partial charge in [0.1, 0.15) is 0 Å². The lowest BCUT2D eigenvalue weighted by Gasteiger charge is -2.32. The second-order valence-corrected chi connectivity index (χ2v) is 6.88. The standard InChI is InChI=1S/C18H33N3/c1-6-17-16(12-19-8-3)18(7-2)21(20-17)15-10-13(4)9-14(5)11-15/h13-15,19H,6-12H2,1-5H3. The van der Waals surface area contributed by atoms with Crippen molar-refractivity contribution in [2.75, 3.05) is 6.54 Å². The van der Waals surface area contributed by atoms with Crippen LogP contribution in [-0.2, 0) is 19.4 Å². The highest BCUT2D eigenvalue weighted by Gasteiger charge is 2.28. The Bertz CT molecular complexity index is 440. The van der Waals surface area contributed by atoms with Crippen LogP contribution in [0.1, 0.15) is 76.9 Å². The monoisotopic (exact) mass is 291 g/mol. The summed E-state index contributed by atoms with van der Waals surface area (Å²) in [7, 11) is 0. The third-order valence-electron chi connectivity index (χ3n) is 4.92. The molecule has 1 N–H and O–H groups in total. The lowest BCUT2D eigenvalue weighted by atomic mass is 9.80. The van der Waals surface area contributed by atoms with Crippen molar-refractivity contribution in [1.29, 1.82) is 0 Å². The van der Waals surface area contributed by atoms with E-state index in [1.54, 1.807) is 0 Å². The van der Waals surface area contributed by atoms with Gasteiger partial charge in [-0.3, -0.25) is 4.68 Å². The van der Waals surface area contributed by atoms with Gasteiger partial charge in [0.15, 0.2) is 0 Å². The molecule has 120 valence electrons. The van der Waals surface area contributed by atoms with E-state index in [9.17, 15) is 0 Å². The maximum atomic E-state index is 5.02. The first kappa shape index (κ1) is 16.5.